The van der Waals surface area contributed by atoms with Gasteiger partial charge in [-0.3, -0.25) is 0 Å². The van der Waals surface area contributed by atoms with Crippen LogP contribution in [0.1, 0.15) is 30.4 Å². The molecule has 1 aliphatic rings. The predicted molar refractivity (Wildman–Crippen MR) is 132 cm³/mol. The molecule has 1 aliphatic carbocycles. The third-order valence-corrected chi connectivity index (χ3v) is 7.47. The normalized spacial score (nSPS) is 14.4. The predicted octanol–water partition coefficient (Wildman–Crippen LogP) is 5.39. The van der Waals surface area contributed by atoms with E-state index in [9.17, 15) is 8.42 Å². The van der Waals surface area contributed by atoms with Gasteiger partial charge in [0.25, 0.3) is 0 Å². The van der Waals surface area contributed by atoms with Crippen molar-refractivity contribution in [2.45, 2.75) is 32.2 Å². The Hall–Kier alpha value is -2.64. The van der Waals surface area contributed by atoms with E-state index in [0.717, 1.165) is 28.3 Å². The average molecular weight is 484 g/mol. The summed E-state index contributed by atoms with van der Waals surface area (Å²) in [4.78, 5) is 0.249. The molecule has 0 amide bonds. The lowest BCUT2D eigenvalue weighted by molar-refractivity contribution is 0.288. The van der Waals surface area contributed by atoms with Crippen molar-refractivity contribution in [3.8, 4) is 5.75 Å². The van der Waals surface area contributed by atoms with E-state index >= 15 is 0 Å². The summed E-state index contributed by atoms with van der Waals surface area (Å²) >= 11 is 6.39. The van der Waals surface area contributed by atoms with Crippen LogP contribution in [0.4, 0.5) is 0 Å². The third kappa shape index (κ3) is 5.84. The van der Waals surface area contributed by atoms with Crippen LogP contribution in [0, 0.1) is 0 Å². The van der Waals surface area contributed by atoms with Gasteiger partial charge in [-0.25, -0.2) is 13.1 Å². The maximum Gasteiger partial charge on any atom is 0.237 e. The molecule has 5 nitrogen and oxygen atoms in total. The highest BCUT2D eigenvalue weighted by atomic mass is 35.5. The van der Waals surface area contributed by atoms with Gasteiger partial charge in [-0.05, 0) is 59.4 Å². The highest BCUT2D eigenvalue weighted by Crippen LogP contribution is 2.31. The standard InChI is InChI=1S/C26H26ClNO4S/c27-25-17-23(14-15-26(25)32-22-12-10-19(11-13-22)5-4-16-29)33(30,31)28-18-21-8-3-7-20-6-1-2-9-24(20)21/h1-3,6-13,17,28-29H,4-5,14-16,18H2. The first-order valence-corrected chi connectivity index (χ1v) is 12.8. The van der Waals surface area contributed by atoms with Crippen molar-refractivity contribution in [1.29, 1.82) is 0 Å². The Kier molecular flexibility index (Phi) is 7.50. The second kappa shape index (κ2) is 10.5. The van der Waals surface area contributed by atoms with Crippen molar-refractivity contribution in [2.75, 3.05) is 6.61 Å². The van der Waals surface area contributed by atoms with Crippen molar-refractivity contribution in [2.24, 2.45) is 0 Å². The fourth-order valence-electron chi connectivity index (χ4n) is 3.82. The molecule has 0 saturated heterocycles. The van der Waals surface area contributed by atoms with E-state index < -0.39 is 10.0 Å². The number of allylic oxidation sites excluding steroid dienone is 4. The Morgan fingerprint density at radius 3 is 2.48 bits per heavy atom. The largest absolute Gasteiger partial charge is 0.460 e. The van der Waals surface area contributed by atoms with Crippen LogP contribution in [-0.2, 0) is 23.0 Å². The molecule has 33 heavy (non-hydrogen) atoms. The van der Waals surface area contributed by atoms with Gasteiger partial charge in [0.05, 0.1) is 9.94 Å². The molecule has 3 aromatic carbocycles. The molecule has 4 rings (SSSR count). The van der Waals surface area contributed by atoms with Crippen LogP contribution in [0.5, 0.6) is 5.75 Å². The molecule has 172 valence electrons. The van der Waals surface area contributed by atoms with Gasteiger partial charge in [0.2, 0.25) is 10.0 Å². The maximum absolute atomic E-state index is 12.9. The summed E-state index contributed by atoms with van der Waals surface area (Å²) in [6.07, 6.45) is 3.70. The topological polar surface area (TPSA) is 75.6 Å². The van der Waals surface area contributed by atoms with E-state index in [1.54, 1.807) is 0 Å². The van der Waals surface area contributed by atoms with Crippen LogP contribution in [0.3, 0.4) is 0 Å². The molecular weight excluding hydrogens is 458 g/mol. The number of fused-ring (bicyclic) bond motifs is 1. The molecule has 0 radical (unpaired) electrons. The van der Waals surface area contributed by atoms with Gasteiger partial charge >= 0.3 is 0 Å². The van der Waals surface area contributed by atoms with E-state index in [2.05, 4.69) is 4.72 Å². The summed E-state index contributed by atoms with van der Waals surface area (Å²) in [5, 5.41) is 11.3. The van der Waals surface area contributed by atoms with E-state index in [0.29, 0.717) is 30.8 Å². The Balaban J connectivity index is 1.44. The fraction of sp³-hybridized carbons (Fsp3) is 0.231. The van der Waals surface area contributed by atoms with Crippen LogP contribution in [0.2, 0.25) is 0 Å². The van der Waals surface area contributed by atoms with Crippen molar-refractivity contribution >= 4 is 32.4 Å². The molecule has 0 unspecified atom stereocenters. The molecule has 2 N–H and O–H groups in total. The maximum atomic E-state index is 12.9. The minimum atomic E-state index is -3.68. The van der Waals surface area contributed by atoms with E-state index in [-0.39, 0.29) is 23.1 Å². The van der Waals surface area contributed by atoms with E-state index in [4.69, 9.17) is 21.4 Å². The molecule has 0 saturated carbocycles. The number of nitrogens with one attached hydrogen (secondary N) is 1. The smallest absolute Gasteiger partial charge is 0.237 e. The van der Waals surface area contributed by atoms with Crippen LogP contribution in [-0.4, -0.2) is 20.1 Å². The average Bonchev–Trinajstić information content (AvgIpc) is 2.83. The first-order chi connectivity index (χ1) is 16.0. The number of hydrogen-bond acceptors (Lipinski definition) is 4. The lowest BCUT2D eigenvalue weighted by atomic mass is 10.1. The quantitative estimate of drug-likeness (QED) is 0.427. The van der Waals surface area contributed by atoms with Gasteiger partial charge in [0, 0.05) is 19.6 Å². The number of aliphatic hydroxyl groups is 1. The summed E-state index contributed by atoms with van der Waals surface area (Å²) in [5.74, 6) is 1.19. The number of benzene rings is 3. The van der Waals surface area contributed by atoms with Gasteiger partial charge in [0.15, 0.2) is 0 Å². The minimum absolute atomic E-state index is 0.162. The summed E-state index contributed by atoms with van der Waals surface area (Å²) in [6, 6.07) is 21.4. The van der Waals surface area contributed by atoms with E-state index in [1.807, 2.05) is 66.7 Å². The van der Waals surface area contributed by atoms with Crippen LogP contribution < -0.4 is 9.46 Å². The molecule has 7 heteroatoms. The zero-order chi connectivity index (χ0) is 23.3. The second-order valence-electron chi connectivity index (χ2n) is 7.92. The third-order valence-electron chi connectivity index (χ3n) is 5.62. The Labute approximate surface area is 199 Å². The Bertz CT molecular complexity index is 1290. The summed E-state index contributed by atoms with van der Waals surface area (Å²) in [7, 11) is -3.68. The first kappa shape index (κ1) is 23.5. The number of aliphatic hydroxyl groups excluding tert-OH is 1. The molecular formula is C26H26ClNO4S. The Morgan fingerprint density at radius 1 is 0.970 bits per heavy atom. The second-order valence-corrected chi connectivity index (χ2v) is 10.1. The number of sulfonamides is 1. The first-order valence-electron chi connectivity index (χ1n) is 10.9. The summed E-state index contributed by atoms with van der Waals surface area (Å²) < 4.78 is 34.4. The lowest BCUT2D eigenvalue weighted by Crippen LogP contribution is -2.26. The molecule has 0 aromatic heterocycles. The zero-order valence-electron chi connectivity index (χ0n) is 18.1. The minimum Gasteiger partial charge on any atom is -0.460 e. The molecule has 3 aromatic rings. The summed E-state index contributed by atoms with van der Waals surface area (Å²) in [6.45, 7) is 0.365. The van der Waals surface area contributed by atoms with Crippen molar-refractivity contribution < 1.29 is 18.3 Å². The van der Waals surface area contributed by atoms with Crippen LogP contribution >= 0.6 is 11.6 Å². The number of rotatable bonds is 9. The molecule has 0 heterocycles. The molecule has 0 atom stereocenters. The van der Waals surface area contributed by atoms with E-state index in [1.165, 1.54) is 6.08 Å². The number of halogens is 1. The van der Waals surface area contributed by atoms with Gasteiger partial charge in [0.1, 0.15) is 11.5 Å². The van der Waals surface area contributed by atoms with Crippen molar-refractivity contribution in [1.82, 2.24) is 4.72 Å². The van der Waals surface area contributed by atoms with Crippen molar-refractivity contribution in [3.05, 3.63) is 99.6 Å². The number of ether oxygens (including phenoxy) is 1. The van der Waals surface area contributed by atoms with Crippen molar-refractivity contribution in [3.63, 3.8) is 0 Å². The molecule has 0 bridgehead atoms. The molecule has 0 spiro atoms. The zero-order valence-corrected chi connectivity index (χ0v) is 19.7. The number of hydrogen-bond donors (Lipinski definition) is 2. The SMILES string of the molecule is O=S(=O)(NCc1cccc2ccccc12)C1=CC(Cl)=C(Oc2ccc(CCCO)cc2)CC1. The van der Waals surface area contributed by atoms with Crippen LogP contribution in [0.25, 0.3) is 10.8 Å². The number of aryl methyl sites for hydroxylation is 1. The molecule has 0 fully saturated rings. The van der Waals surface area contributed by atoms with Gasteiger partial charge < -0.3 is 9.84 Å². The highest BCUT2D eigenvalue weighted by Gasteiger charge is 2.24. The molecule has 0 aliphatic heterocycles. The monoisotopic (exact) mass is 483 g/mol. The van der Waals surface area contributed by atoms with Gasteiger partial charge in [-0.15, -0.1) is 0 Å². The lowest BCUT2D eigenvalue weighted by Gasteiger charge is -2.18. The highest BCUT2D eigenvalue weighted by molar-refractivity contribution is 7.93. The fourth-order valence-corrected chi connectivity index (χ4v) is 5.33. The van der Waals surface area contributed by atoms with Crippen LogP contribution in [0.15, 0.2) is 88.5 Å². The van der Waals surface area contributed by atoms with Gasteiger partial charge in [-0.1, -0.05) is 66.2 Å². The van der Waals surface area contributed by atoms with Gasteiger partial charge in [-0.2, -0.15) is 0 Å². The Morgan fingerprint density at radius 2 is 1.73 bits per heavy atom. The summed E-state index contributed by atoms with van der Waals surface area (Å²) in [5.41, 5.74) is 2.03.